The first kappa shape index (κ1) is 18.2. The van der Waals surface area contributed by atoms with Crippen LogP contribution in [0.15, 0.2) is 16.5 Å². The zero-order chi connectivity index (χ0) is 16.7. The van der Waals surface area contributed by atoms with Crippen LogP contribution in [0.1, 0.15) is 58.8 Å². The second kappa shape index (κ2) is 8.62. The molecule has 1 saturated heterocycles. The molecule has 0 radical (unpaired) electrons. The predicted octanol–water partition coefficient (Wildman–Crippen LogP) is 3.98. The van der Waals surface area contributed by atoms with Gasteiger partial charge in [-0.05, 0) is 25.0 Å². The van der Waals surface area contributed by atoms with E-state index in [1.54, 1.807) is 11.8 Å². The molecule has 130 valence electrons. The lowest BCUT2D eigenvalue weighted by atomic mass is 9.90. The fraction of sp³-hybridized carbons (Fsp3) is 0.765. The molecule has 0 bridgehead atoms. The number of unbranched alkanes of at least 4 members (excludes halogenated alkanes) is 2. The lowest BCUT2D eigenvalue weighted by Gasteiger charge is -2.33. The molecule has 1 N–H and O–H groups in total. The van der Waals surface area contributed by atoms with E-state index in [-0.39, 0.29) is 11.3 Å². The third-order valence-corrected chi connectivity index (χ3v) is 5.37. The zero-order valence-corrected chi connectivity index (χ0v) is 14.9. The van der Waals surface area contributed by atoms with Gasteiger partial charge in [0.25, 0.3) is 0 Å². The van der Waals surface area contributed by atoms with Gasteiger partial charge in [0.15, 0.2) is 0 Å². The van der Waals surface area contributed by atoms with Crippen molar-refractivity contribution in [1.82, 2.24) is 0 Å². The number of esters is 1. The minimum absolute atomic E-state index is 0.105. The number of nitrogens with zero attached hydrogens (tertiary/aromatic N) is 1. The zero-order valence-electron chi connectivity index (χ0n) is 14.1. The van der Waals surface area contributed by atoms with Gasteiger partial charge in [-0.15, -0.1) is 0 Å². The van der Waals surface area contributed by atoms with Crippen LogP contribution in [0, 0.1) is 0 Å². The Morgan fingerprint density at radius 1 is 1.39 bits per heavy atom. The molecule has 5 nitrogen and oxygen atoms in total. The maximum atomic E-state index is 12.4. The highest BCUT2D eigenvalue weighted by Crippen LogP contribution is 2.40. The maximum absolute atomic E-state index is 12.4. The van der Waals surface area contributed by atoms with Gasteiger partial charge in [0, 0.05) is 12.2 Å². The van der Waals surface area contributed by atoms with Crippen LogP contribution in [0.25, 0.3) is 0 Å². The number of aliphatic hydroxyl groups excluding tert-OH is 1. The van der Waals surface area contributed by atoms with Crippen LogP contribution in [-0.2, 0) is 14.4 Å². The number of hydrogen-bond donors (Lipinski definition) is 1. The van der Waals surface area contributed by atoms with Crippen LogP contribution in [0.4, 0.5) is 0 Å². The molecule has 2 aliphatic rings. The Bertz CT molecular complexity index is 481. The molecule has 1 atom stereocenters. The van der Waals surface area contributed by atoms with Crippen LogP contribution in [0.5, 0.6) is 0 Å². The number of ether oxygens (including phenoxy) is 1. The minimum atomic E-state index is -0.519. The fourth-order valence-electron chi connectivity index (χ4n) is 2.88. The molecule has 1 unspecified atom stereocenters. The van der Waals surface area contributed by atoms with Crippen molar-refractivity contribution in [2.75, 3.05) is 18.1 Å². The minimum Gasteiger partial charge on any atom is -0.511 e. The maximum Gasteiger partial charge on any atom is 0.344 e. The van der Waals surface area contributed by atoms with Crippen LogP contribution in [0.2, 0.25) is 0 Å². The molecule has 0 aromatic rings. The predicted molar refractivity (Wildman–Crippen MR) is 92.9 cm³/mol. The summed E-state index contributed by atoms with van der Waals surface area (Å²) in [5.41, 5.74) is 0.200. The van der Waals surface area contributed by atoms with Crippen molar-refractivity contribution < 1.29 is 19.5 Å². The Morgan fingerprint density at radius 3 is 2.83 bits per heavy atom. The number of carbonyl (C=O) groups excluding carboxylic acids is 1. The average Bonchev–Trinajstić information content (AvgIpc) is 2.93. The quantitative estimate of drug-likeness (QED) is 0.313. The topological polar surface area (TPSA) is 68.1 Å². The van der Waals surface area contributed by atoms with Crippen molar-refractivity contribution in [1.29, 1.82) is 0 Å². The van der Waals surface area contributed by atoms with Gasteiger partial charge < -0.3 is 14.7 Å². The Kier molecular flexibility index (Phi) is 6.81. The normalized spacial score (nSPS) is 25.1. The van der Waals surface area contributed by atoms with Gasteiger partial charge in [-0.25, -0.2) is 4.79 Å². The summed E-state index contributed by atoms with van der Waals surface area (Å²) >= 11 is 1.76. The molecule has 1 fully saturated rings. The van der Waals surface area contributed by atoms with Crippen molar-refractivity contribution >= 4 is 23.4 Å². The molecule has 2 heterocycles. The van der Waals surface area contributed by atoms with Gasteiger partial charge in [-0.2, -0.15) is 11.8 Å². The third kappa shape index (κ3) is 4.66. The van der Waals surface area contributed by atoms with Crippen LogP contribution < -0.4 is 0 Å². The SMILES string of the molecule is CCCCCO/N=C(\CCC)C1=C(O)CC2(CCSC2)OC1=O. The average molecular weight is 341 g/mol. The first-order chi connectivity index (χ1) is 11.1. The molecule has 0 saturated carbocycles. The number of thioether (sulfide) groups is 1. The smallest absolute Gasteiger partial charge is 0.344 e. The highest BCUT2D eigenvalue weighted by Gasteiger charge is 2.45. The molecule has 2 rings (SSSR count). The Morgan fingerprint density at radius 2 is 2.22 bits per heavy atom. The largest absolute Gasteiger partial charge is 0.511 e. The molecular weight excluding hydrogens is 314 g/mol. The summed E-state index contributed by atoms with van der Waals surface area (Å²) in [6.45, 7) is 4.67. The van der Waals surface area contributed by atoms with Gasteiger partial charge in [-0.1, -0.05) is 38.3 Å². The van der Waals surface area contributed by atoms with Crippen molar-refractivity contribution in [3.63, 3.8) is 0 Å². The van der Waals surface area contributed by atoms with Crippen LogP contribution in [0.3, 0.4) is 0 Å². The van der Waals surface area contributed by atoms with E-state index in [4.69, 9.17) is 9.57 Å². The van der Waals surface area contributed by atoms with Crippen molar-refractivity contribution in [3.05, 3.63) is 11.3 Å². The van der Waals surface area contributed by atoms with E-state index in [1.165, 1.54) is 0 Å². The summed E-state index contributed by atoms with van der Waals surface area (Å²) in [5, 5.41) is 14.6. The van der Waals surface area contributed by atoms with Crippen molar-refractivity contribution in [2.24, 2.45) is 5.16 Å². The number of rotatable bonds is 8. The van der Waals surface area contributed by atoms with E-state index in [2.05, 4.69) is 12.1 Å². The van der Waals surface area contributed by atoms with Gasteiger partial charge in [0.1, 0.15) is 23.5 Å². The summed E-state index contributed by atoms with van der Waals surface area (Å²) in [4.78, 5) is 17.8. The van der Waals surface area contributed by atoms with Crippen LogP contribution >= 0.6 is 11.8 Å². The van der Waals surface area contributed by atoms with Crippen molar-refractivity contribution in [2.45, 2.75) is 64.4 Å². The van der Waals surface area contributed by atoms with E-state index in [1.807, 2.05) is 6.92 Å². The third-order valence-electron chi connectivity index (χ3n) is 4.15. The van der Waals surface area contributed by atoms with Gasteiger partial charge in [0.05, 0.1) is 5.71 Å². The molecule has 0 amide bonds. The Hall–Kier alpha value is -1.17. The molecule has 0 aliphatic carbocycles. The van der Waals surface area contributed by atoms with Gasteiger partial charge in [0.2, 0.25) is 0 Å². The molecule has 0 aromatic carbocycles. The highest BCUT2D eigenvalue weighted by molar-refractivity contribution is 7.99. The van der Waals surface area contributed by atoms with E-state index in [9.17, 15) is 9.90 Å². The highest BCUT2D eigenvalue weighted by atomic mass is 32.2. The molecule has 6 heteroatoms. The summed E-state index contributed by atoms with van der Waals surface area (Å²) in [6, 6.07) is 0. The first-order valence-electron chi connectivity index (χ1n) is 8.54. The van der Waals surface area contributed by atoms with E-state index < -0.39 is 11.6 Å². The fourth-order valence-corrected chi connectivity index (χ4v) is 4.22. The monoisotopic (exact) mass is 341 g/mol. The number of carbonyl (C=O) groups is 1. The summed E-state index contributed by atoms with van der Waals surface area (Å²) in [5.74, 6) is 1.37. The Balaban J connectivity index is 2.10. The molecule has 23 heavy (non-hydrogen) atoms. The molecule has 1 spiro atoms. The first-order valence-corrected chi connectivity index (χ1v) is 9.69. The molecule has 2 aliphatic heterocycles. The van der Waals surface area contributed by atoms with Gasteiger partial charge in [-0.3, -0.25) is 0 Å². The summed E-state index contributed by atoms with van der Waals surface area (Å²) in [6.07, 6.45) is 5.75. The van der Waals surface area contributed by atoms with E-state index in [0.29, 0.717) is 25.2 Å². The lowest BCUT2D eigenvalue weighted by molar-refractivity contribution is -0.155. The summed E-state index contributed by atoms with van der Waals surface area (Å²) in [7, 11) is 0. The molecule has 0 aromatic heterocycles. The van der Waals surface area contributed by atoms with Crippen LogP contribution in [-0.4, -0.2) is 40.5 Å². The number of oxime groups is 1. The van der Waals surface area contributed by atoms with Crippen molar-refractivity contribution in [3.8, 4) is 0 Å². The second-order valence-electron chi connectivity index (χ2n) is 6.20. The summed E-state index contributed by atoms with van der Waals surface area (Å²) < 4.78 is 5.68. The lowest BCUT2D eigenvalue weighted by Crippen LogP contribution is -2.41. The number of hydrogen-bond acceptors (Lipinski definition) is 6. The second-order valence-corrected chi connectivity index (χ2v) is 7.31. The Labute approximate surface area is 142 Å². The number of aliphatic hydroxyl groups is 1. The molecular formula is C17H27NO4S. The van der Waals surface area contributed by atoms with Gasteiger partial charge >= 0.3 is 5.97 Å². The standard InChI is InChI=1S/C17H27NO4S/c1-3-5-6-9-21-18-13(7-4-2)15-14(19)11-17(22-16(15)20)8-10-23-12-17/h19H,3-12H2,1-2H3/b18-13+. The van der Waals surface area contributed by atoms with E-state index in [0.717, 1.165) is 43.6 Å². The van der Waals surface area contributed by atoms with E-state index >= 15 is 0 Å².